The number of imide groups is 4. The van der Waals surface area contributed by atoms with Crippen LogP contribution in [0, 0.1) is 34.5 Å². The first-order valence-electron chi connectivity index (χ1n) is 13.2. The Morgan fingerprint density at radius 3 is 1.11 bits per heavy atom. The molecule has 2 heterocycles. The van der Waals surface area contributed by atoms with Crippen molar-refractivity contribution in [3.05, 3.63) is 0 Å². The van der Waals surface area contributed by atoms with Crippen molar-refractivity contribution in [2.75, 3.05) is 0 Å². The van der Waals surface area contributed by atoms with Gasteiger partial charge in [0.15, 0.2) is 0 Å². The number of carbonyl (C=O) groups is 6. The van der Waals surface area contributed by atoms with Crippen LogP contribution in [0.1, 0.15) is 91.9 Å². The molecule has 1 saturated carbocycles. The molecule has 0 aromatic rings. The van der Waals surface area contributed by atoms with Gasteiger partial charge in [-0.05, 0) is 62.2 Å². The fraction of sp³-hybridized carbons (Fsp3) is 0.769. The second-order valence-corrected chi connectivity index (χ2v) is 11.8. The maximum Gasteiger partial charge on any atom is 0.328 e. The molecule has 0 atom stereocenters. The molecule has 0 unspecified atom stereocenters. The van der Waals surface area contributed by atoms with Gasteiger partial charge in [0.2, 0.25) is 23.6 Å². The van der Waals surface area contributed by atoms with Crippen molar-refractivity contribution in [1.82, 2.24) is 21.3 Å². The fourth-order valence-electron chi connectivity index (χ4n) is 5.88. The molecule has 200 valence electrons. The topological polar surface area (TPSA) is 151 Å². The monoisotopic (exact) mass is 504 g/mol. The molecule has 2 aliphatic heterocycles. The number of amides is 8. The highest BCUT2D eigenvalue weighted by Gasteiger charge is 2.53. The Morgan fingerprint density at radius 1 is 0.583 bits per heavy atom. The van der Waals surface area contributed by atoms with Crippen LogP contribution in [0.4, 0.5) is 9.59 Å². The first kappa shape index (κ1) is 27.8. The van der Waals surface area contributed by atoms with Gasteiger partial charge >= 0.3 is 12.1 Å². The molecule has 3 aliphatic rings. The number of urea groups is 2. The molecule has 10 heteroatoms. The Hall–Kier alpha value is -2.78. The number of hydrogen-bond donors (Lipinski definition) is 4. The predicted octanol–water partition coefficient (Wildman–Crippen LogP) is 3.15. The maximum atomic E-state index is 12.9. The third-order valence-electron chi connectivity index (χ3n) is 8.18. The quantitative estimate of drug-likeness (QED) is 0.336. The molecule has 1 aliphatic carbocycles. The van der Waals surface area contributed by atoms with Crippen molar-refractivity contribution in [2.24, 2.45) is 34.5 Å². The van der Waals surface area contributed by atoms with Crippen LogP contribution in [-0.2, 0) is 19.2 Å². The Labute approximate surface area is 212 Å². The highest BCUT2D eigenvalue weighted by molar-refractivity contribution is 6.19. The third kappa shape index (κ3) is 5.95. The molecule has 0 aromatic carbocycles. The highest BCUT2D eigenvalue weighted by atomic mass is 16.2. The lowest BCUT2D eigenvalue weighted by Gasteiger charge is -2.41. The SMILES string of the molecule is CC(C)CCC1(CC2CCC(CC3(CCC(C)C)C(=O)NC(=O)NC3=O)CC2)C(=O)NC(=O)NC1=O. The van der Waals surface area contributed by atoms with Gasteiger partial charge in [-0.15, -0.1) is 0 Å². The zero-order valence-corrected chi connectivity index (χ0v) is 21.8. The average Bonchev–Trinajstić information content (AvgIpc) is 2.78. The van der Waals surface area contributed by atoms with Crippen molar-refractivity contribution < 1.29 is 28.8 Å². The first-order chi connectivity index (χ1) is 16.9. The molecular weight excluding hydrogens is 464 g/mol. The van der Waals surface area contributed by atoms with E-state index in [0.717, 1.165) is 25.7 Å². The Kier molecular flexibility index (Phi) is 8.56. The van der Waals surface area contributed by atoms with Crippen LogP contribution in [0.3, 0.4) is 0 Å². The zero-order chi connectivity index (χ0) is 26.7. The lowest BCUT2D eigenvalue weighted by atomic mass is 9.65. The minimum atomic E-state index is -1.27. The Bertz CT molecular complexity index is 805. The molecular formula is C26H40N4O6. The van der Waals surface area contributed by atoms with E-state index in [1.165, 1.54) is 0 Å². The van der Waals surface area contributed by atoms with Gasteiger partial charge in [-0.1, -0.05) is 53.4 Å². The molecule has 0 radical (unpaired) electrons. The lowest BCUT2D eigenvalue weighted by molar-refractivity contribution is -0.149. The van der Waals surface area contributed by atoms with E-state index in [0.29, 0.717) is 50.4 Å². The summed E-state index contributed by atoms with van der Waals surface area (Å²) in [5.41, 5.74) is -2.53. The lowest BCUT2D eigenvalue weighted by Crippen LogP contribution is -2.63. The number of rotatable bonds is 10. The molecule has 8 amide bonds. The Morgan fingerprint density at radius 2 is 0.861 bits per heavy atom. The van der Waals surface area contributed by atoms with Crippen molar-refractivity contribution in [2.45, 2.75) is 91.9 Å². The first-order valence-corrected chi connectivity index (χ1v) is 13.2. The summed E-state index contributed by atoms with van der Waals surface area (Å²) in [6.07, 6.45) is 5.88. The highest BCUT2D eigenvalue weighted by Crippen LogP contribution is 2.45. The average molecular weight is 505 g/mol. The third-order valence-corrected chi connectivity index (χ3v) is 8.18. The summed E-state index contributed by atoms with van der Waals surface area (Å²) >= 11 is 0. The minimum absolute atomic E-state index is 0.111. The largest absolute Gasteiger partial charge is 0.328 e. The van der Waals surface area contributed by atoms with Gasteiger partial charge in [0.1, 0.15) is 10.8 Å². The van der Waals surface area contributed by atoms with E-state index in [4.69, 9.17) is 0 Å². The standard InChI is InChI=1S/C26H40N4O6/c1-15(2)9-11-25(19(31)27-23(35)28-20(25)32)13-17-5-7-18(8-6-17)14-26(12-10-16(3)4)21(33)29-24(36)30-22(26)34/h15-18H,5-14H2,1-4H3,(H2,27,28,31,32,35)(H2,29,30,33,34,36). The van der Waals surface area contributed by atoms with Gasteiger partial charge in [0, 0.05) is 0 Å². The maximum absolute atomic E-state index is 12.9. The van der Waals surface area contributed by atoms with Crippen LogP contribution < -0.4 is 21.3 Å². The number of hydrogen-bond acceptors (Lipinski definition) is 6. The second kappa shape index (κ2) is 11.1. The minimum Gasteiger partial charge on any atom is -0.277 e. The number of nitrogens with one attached hydrogen (secondary N) is 4. The molecule has 3 rings (SSSR count). The van der Waals surface area contributed by atoms with Crippen LogP contribution in [0.25, 0.3) is 0 Å². The van der Waals surface area contributed by atoms with Gasteiger partial charge < -0.3 is 0 Å². The summed E-state index contributed by atoms with van der Waals surface area (Å²) in [5, 5.41) is 9.17. The molecule has 0 spiro atoms. The number of barbiturate groups is 2. The number of carbonyl (C=O) groups excluding carboxylic acids is 6. The van der Waals surface area contributed by atoms with Crippen LogP contribution in [0.2, 0.25) is 0 Å². The smallest absolute Gasteiger partial charge is 0.277 e. The van der Waals surface area contributed by atoms with Crippen LogP contribution in [0.15, 0.2) is 0 Å². The van der Waals surface area contributed by atoms with Crippen LogP contribution in [0.5, 0.6) is 0 Å². The summed E-state index contributed by atoms with van der Waals surface area (Å²) < 4.78 is 0. The predicted molar refractivity (Wildman–Crippen MR) is 131 cm³/mol. The zero-order valence-electron chi connectivity index (χ0n) is 21.8. The van der Waals surface area contributed by atoms with Crippen molar-refractivity contribution in [3.63, 3.8) is 0 Å². The molecule has 0 bridgehead atoms. The molecule has 2 saturated heterocycles. The summed E-state index contributed by atoms with van der Waals surface area (Å²) in [6, 6.07) is -1.55. The molecule has 10 nitrogen and oxygen atoms in total. The van der Waals surface area contributed by atoms with E-state index < -0.39 is 46.5 Å². The fourth-order valence-corrected chi connectivity index (χ4v) is 5.88. The van der Waals surface area contributed by atoms with E-state index in [2.05, 4.69) is 21.3 Å². The van der Waals surface area contributed by atoms with E-state index in [-0.39, 0.29) is 11.8 Å². The van der Waals surface area contributed by atoms with E-state index in [1.807, 2.05) is 27.7 Å². The Balaban J connectivity index is 1.69. The van der Waals surface area contributed by atoms with E-state index >= 15 is 0 Å². The van der Waals surface area contributed by atoms with Gasteiger partial charge in [0.25, 0.3) is 0 Å². The summed E-state index contributed by atoms with van der Waals surface area (Å²) in [6.45, 7) is 8.12. The van der Waals surface area contributed by atoms with Crippen molar-refractivity contribution >= 4 is 35.7 Å². The molecule has 3 fully saturated rings. The second-order valence-electron chi connectivity index (χ2n) is 11.8. The van der Waals surface area contributed by atoms with Gasteiger partial charge in [0.05, 0.1) is 0 Å². The normalized spacial score (nSPS) is 25.9. The molecule has 36 heavy (non-hydrogen) atoms. The molecule has 4 N–H and O–H groups in total. The summed E-state index contributed by atoms with van der Waals surface area (Å²) in [7, 11) is 0. The van der Waals surface area contributed by atoms with Gasteiger partial charge in [-0.25, -0.2) is 9.59 Å². The van der Waals surface area contributed by atoms with Crippen molar-refractivity contribution in [3.8, 4) is 0 Å². The van der Waals surface area contributed by atoms with Gasteiger partial charge in [-0.2, -0.15) is 0 Å². The molecule has 0 aromatic heterocycles. The van der Waals surface area contributed by atoms with E-state index in [9.17, 15) is 28.8 Å². The van der Waals surface area contributed by atoms with Crippen LogP contribution in [-0.4, -0.2) is 35.7 Å². The van der Waals surface area contributed by atoms with E-state index in [1.54, 1.807) is 0 Å². The van der Waals surface area contributed by atoms with Crippen molar-refractivity contribution in [1.29, 1.82) is 0 Å². The summed E-state index contributed by atoms with van der Waals surface area (Å²) in [5.74, 6) is -1.26. The van der Waals surface area contributed by atoms with Crippen LogP contribution >= 0.6 is 0 Å². The summed E-state index contributed by atoms with van der Waals surface area (Å²) in [4.78, 5) is 75.0. The van der Waals surface area contributed by atoms with Gasteiger partial charge in [-0.3, -0.25) is 40.4 Å².